The van der Waals surface area contributed by atoms with Crippen LogP contribution in [0.25, 0.3) is 0 Å². The molecule has 0 fully saturated rings. The van der Waals surface area contributed by atoms with Gasteiger partial charge in [0.05, 0.1) is 0 Å². The van der Waals surface area contributed by atoms with Crippen molar-refractivity contribution in [3.8, 4) is 0 Å². The molecule has 0 saturated heterocycles. The lowest BCUT2D eigenvalue weighted by Gasteiger charge is -2.01. The molecule has 2 rings (SSSR count). The summed E-state index contributed by atoms with van der Waals surface area (Å²) in [5.74, 6) is 0.509. The number of halogens is 1. The summed E-state index contributed by atoms with van der Waals surface area (Å²) in [6, 6.07) is 6.55. The van der Waals surface area contributed by atoms with Gasteiger partial charge in [-0.15, -0.1) is 0 Å². The second-order valence-corrected chi connectivity index (χ2v) is 5.70. The molecule has 4 nitrogen and oxygen atoms in total. The van der Waals surface area contributed by atoms with E-state index >= 15 is 0 Å². The average Bonchev–Trinajstić information content (AvgIpc) is 2.90. The number of aromatic nitrogens is 2. The Balaban J connectivity index is 1.74. The molecule has 0 aliphatic carbocycles. The minimum atomic E-state index is -0.224. The summed E-state index contributed by atoms with van der Waals surface area (Å²) < 4.78 is 17.4. The Hall–Kier alpha value is -1.53. The molecule has 1 heterocycles. The summed E-state index contributed by atoms with van der Waals surface area (Å²) in [5, 5.41) is 4.11. The van der Waals surface area contributed by atoms with Crippen LogP contribution in [-0.4, -0.2) is 22.4 Å². The first-order valence-corrected chi connectivity index (χ1v) is 8.06. The van der Waals surface area contributed by atoms with E-state index in [9.17, 15) is 4.39 Å². The van der Waals surface area contributed by atoms with Crippen molar-refractivity contribution in [2.75, 3.05) is 18.4 Å². The van der Waals surface area contributed by atoms with Gasteiger partial charge in [0.1, 0.15) is 11.6 Å². The quantitative estimate of drug-likeness (QED) is 0.698. The third-order valence-corrected chi connectivity index (χ3v) is 3.84. The third kappa shape index (κ3) is 5.77. The fourth-order valence-corrected chi connectivity index (χ4v) is 2.66. The smallest absolute Gasteiger partial charge is 0.202 e. The predicted molar refractivity (Wildman–Crippen MR) is 85.1 cm³/mol. The van der Waals surface area contributed by atoms with Crippen molar-refractivity contribution in [1.82, 2.24) is 9.36 Å². The van der Waals surface area contributed by atoms with Gasteiger partial charge in [0, 0.05) is 24.5 Å². The van der Waals surface area contributed by atoms with Crippen LogP contribution < -0.4 is 11.1 Å². The Labute approximate surface area is 128 Å². The lowest BCUT2D eigenvalue weighted by molar-refractivity contribution is 0.626. The first-order valence-electron chi connectivity index (χ1n) is 7.29. The van der Waals surface area contributed by atoms with Crippen LogP contribution >= 0.6 is 11.5 Å². The highest BCUT2D eigenvalue weighted by Gasteiger charge is 2.05. The topological polar surface area (TPSA) is 63.8 Å². The number of unbranched alkanes of at least 4 members (excludes halogenated alkanes) is 3. The fraction of sp³-hybridized carbons (Fsp3) is 0.467. The van der Waals surface area contributed by atoms with E-state index in [1.807, 2.05) is 6.07 Å². The van der Waals surface area contributed by atoms with E-state index in [2.05, 4.69) is 14.7 Å². The number of anilines is 1. The van der Waals surface area contributed by atoms with E-state index in [1.54, 1.807) is 6.07 Å². The predicted octanol–water partition coefficient (Wildman–Crippen LogP) is 3.20. The van der Waals surface area contributed by atoms with Crippen LogP contribution in [0.3, 0.4) is 0 Å². The fourth-order valence-electron chi connectivity index (χ4n) is 2.05. The molecule has 0 saturated carbocycles. The number of benzene rings is 1. The van der Waals surface area contributed by atoms with Crippen molar-refractivity contribution in [2.45, 2.75) is 32.1 Å². The van der Waals surface area contributed by atoms with Crippen molar-refractivity contribution in [3.05, 3.63) is 41.5 Å². The summed E-state index contributed by atoms with van der Waals surface area (Å²) >= 11 is 1.36. The van der Waals surface area contributed by atoms with E-state index < -0.39 is 0 Å². The monoisotopic (exact) mass is 308 g/mol. The maximum Gasteiger partial charge on any atom is 0.202 e. The van der Waals surface area contributed by atoms with Crippen LogP contribution in [0.4, 0.5) is 9.52 Å². The van der Waals surface area contributed by atoms with E-state index in [0.29, 0.717) is 6.42 Å². The molecule has 0 aliphatic rings. The molecular weight excluding hydrogens is 287 g/mol. The lowest BCUT2D eigenvalue weighted by atomic mass is 10.1. The van der Waals surface area contributed by atoms with Crippen LogP contribution in [0.15, 0.2) is 24.3 Å². The van der Waals surface area contributed by atoms with Crippen molar-refractivity contribution in [1.29, 1.82) is 0 Å². The normalized spacial score (nSPS) is 10.8. The van der Waals surface area contributed by atoms with Gasteiger partial charge in [0.15, 0.2) is 0 Å². The van der Waals surface area contributed by atoms with Crippen LogP contribution in [0.5, 0.6) is 0 Å². The minimum Gasteiger partial charge on any atom is -0.360 e. The summed E-state index contributed by atoms with van der Waals surface area (Å²) in [4.78, 5) is 4.42. The summed E-state index contributed by atoms with van der Waals surface area (Å²) in [7, 11) is 0. The zero-order chi connectivity index (χ0) is 14.9. The second kappa shape index (κ2) is 8.69. The Morgan fingerprint density at radius 3 is 2.86 bits per heavy atom. The molecule has 2 aromatic rings. The Morgan fingerprint density at radius 2 is 2.05 bits per heavy atom. The van der Waals surface area contributed by atoms with Gasteiger partial charge in [-0.3, -0.25) is 0 Å². The second-order valence-electron chi connectivity index (χ2n) is 4.95. The maximum absolute atomic E-state index is 13.1. The van der Waals surface area contributed by atoms with Gasteiger partial charge < -0.3 is 11.1 Å². The van der Waals surface area contributed by atoms with Crippen molar-refractivity contribution < 1.29 is 4.39 Å². The molecule has 6 heteroatoms. The SMILES string of the molecule is NCCCCCCNc1nc(Cc2cccc(F)c2)ns1. The number of nitrogens with zero attached hydrogens (tertiary/aromatic N) is 2. The maximum atomic E-state index is 13.1. The van der Waals surface area contributed by atoms with Crippen LogP contribution in [-0.2, 0) is 6.42 Å². The molecule has 3 N–H and O–H groups in total. The largest absolute Gasteiger partial charge is 0.360 e. The zero-order valence-electron chi connectivity index (χ0n) is 12.0. The van der Waals surface area contributed by atoms with E-state index in [1.165, 1.54) is 36.5 Å². The first kappa shape index (κ1) is 15.9. The molecule has 21 heavy (non-hydrogen) atoms. The molecule has 0 bridgehead atoms. The molecule has 114 valence electrons. The molecule has 0 unspecified atom stereocenters. The summed E-state index contributed by atoms with van der Waals surface area (Å²) in [6.45, 7) is 1.67. The highest BCUT2D eigenvalue weighted by Crippen LogP contribution is 2.15. The van der Waals surface area contributed by atoms with Crippen LogP contribution in [0.2, 0.25) is 0 Å². The molecule has 0 spiro atoms. The highest BCUT2D eigenvalue weighted by atomic mass is 32.1. The highest BCUT2D eigenvalue weighted by molar-refractivity contribution is 7.09. The van der Waals surface area contributed by atoms with Gasteiger partial charge in [-0.05, 0) is 37.1 Å². The summed E-state index contributed by atoms with van der Waals surface area (Å²) in [6.07, 6.45) is 5.13. The van der Waals surface area contributed by atoms with E-state index in [0.717, 1.165) is 42.5 Å². The van der Waals surface area contributed by atoms with Crippen molar-refractivity contribution in [2.24, 2.45) is 5.73 Å². The van der Waals surface area contributed by atoms with Crippen LogP contribution in [0.1, 0.15) is 37.1 Å². The Kier molecular flexibility index (Phi) is 6.56. The Morgan fingerprint density at radius 1 is 1.19 bits per heavy atom. The van der Waals surface area contributed by atoms with Gasteiger partial charge in [-0.25, -0.2) is 9.37 Å². The lowest BCUT2D eigenvalue weighted by Crippen LogP contribution is -2.02. The molecule has 0 radical (unpaired) electrons. The van der Waals surface area contributed by atoms with Gasteiger partial charge in [0.25, 0.3) is 0 Å². The molecule has 0 atom stereocenters. The standard InChI is InChI=1S/C15H21FN4S/c16-13-7-5-6-12(10-13)11-14-19-15(21-20-14)18-9-4-2-1-3-8-17/h5-7,10H,1-4,8-9,11,17H2,(H,18,19,20). The molecule has 1 aromatic heterocycles. The molecule has 0 aliphatic heterocycles. The first-order chi connectivity index (χ1) is 10.3. The number of rotatable bonds is 9. The number of hydrogen-bond acceptors (Lipinski definition) is 5. The van der Waals surface area contributed by atoms with Gasteiger partial charge in [-0.1, -0.05) is 25.0 Å². The third-order valence-electron chi connectivity index (χ3n) is 3.13. The van der Waals surface area contributed by atoms with E-state index in [-0.39, 0.29) is 5.82 Å². The van der Waals surface area contributed by atoms with Gasteiger partial charge in [-0.2, -0.15) is 4.37 Å². The number of nitrogens with one attached hydrogen (secondary N) is 1. The van der Waals surface area contributed by atoms with E-state index in [4.69, 9.17) is 5.73 Å². The number of nitrogens with two attached hydrogens (primary N) is 1. The van der Waals surface area contributed by atoms with Crippen molar-refractivity contribution >= 4 is 16.7 Å². The van der Waals surface area contributed by atoms with Gasteiger partial charge >= 0.3 is 0 Å². The zero-order valence-corrected chi connectivity index (χ0v) is 12.8. The molecule has 0 amide bonds. The Bertz CT molecular complexity index is 544. The number of hydrogen-bond donors (Lipinski definition) is 2. The van der Waals surface area contributed by atoms with Crippen molar-refractivity contribution in [3.63, 3.8) is 0 Å². The average molecular weight is 308 g/mol. The molecule has 1 aromatic carbocycles. The minimum absolute atomic E-state index is 0.224. The molecular formula is C15H21FN4S. The van der Waals surface area contributed by atoms with Gasteiger partial charge in [0.2, 0.25) is 5.13 Å². The van der Waals surface area contributed by atoms with Crippen LogP contribution in [0, 0.1) is 5.82 Å². The summed E-state index contributed by atoms with van der Waals surface area (Å²) in [5.41, 5.74) is 6.34.